The molecule has 328 valence electrons. The highest BCUT2D eigenvalue weighted by atomic mass is 16.5. The summed E-state index contributed by atoms with van der Waals surface area (Å²) in [5.74, 6) is 3.95. The number of nitrogens with two attached hydrogens (primary N) is 1. The van der Waals surface area contributed by atoms with Gasteiger partial charge in [0.05, 0.1) is 24.2 Å². The van der Waals surface area contributed by atoms with Crippen LogP contribution in [0.4, 0.5) is 11.5 Å². The van der Waals surface area contributed by atoms with E-state index in [-0.39, 0.29) is 23.8 Å². The van der Waals surface area contributed by atoms with Gasteiger partial charge in [-0.15, -0.1) is 0 Å². The Hall–Kier alpha value is -5.01. The summed E-state index contributed by atoms with van der Waals surface area (Å²) in [6.45, 7) is 7.99. The molecule has 3 aromatic heterocycles. The topological polar surface area (TPSA) is 148 Å². The number of ether oxygens (including phenoxy) is 1. The van der Waals surface area contributed by atoms with E-state index in [4.69, 9.17) is 20.6 Å². The van der Waals surface area contributed by atoms with Crippen LogP contribution in [0.3, 0.4) is 0 Å². The van der Waals surface area contributed by atoms with Crippen molar-refractivity contribution in [2.24, 2.45) is 36.1 Å². The number of amides is 2. The number of anilines is 2. The van der Waals surface area contributed by atoms with Crippen molar-refractivity contribution in [3.05, 3.63) is 60.6 Å². The third-order valence-electron chi connectivity index (χ3n) is 15.8. The highest BCUT2D eigenvalue weighted by molar-refractivity contribution is 6.07. The Morgan fingerprint density at radius 2 is 1.63 bits per heavy atom. The molecular weight excluding hydrogens is 777 g/mol. The van der Waals surface area contributed by atoms with Crippen molar-refractivity contribution in [2.75, 3.05) is 57.4 Å². The Labute approximate surface area is 365 Å². The first-order chi connectivity index (χ1) is 30.1. The molecule has 13 nitrogen and oxygen atoms in total. The molecule has 0 radical (unpaired) electrons. The zero-order valence-corrected chi connectivity index (χ0v) is 36.8. The minimum absolute atomic E-state index is 0.101. The molecule has 1 aliphatic heterocycles. The number of methoxy groups -OCH3 is 1. The number of fused-ring (bicyclic) bond motifs is 2. The summed E-state index contributed by atoms with van der Waals surface area (Å²) in [6.07, 6.45) is 16.7. The van der Waals surface area contributed by atoms with E-state index < -0.39 is 0 Å². The van der Waals surface area contributed by atoms with Crippen LogP contribution in [0, 0.1) is 29.1 Å². The van der Waals surface area contributed by atoms with Gasteiger partial charge in [0, 0.05) is 74.7 Å². The van der Waals surface area contributed by atoms with Crippen molar-refractivity contribution >= 4 is 45.3 Å². The van der Waals surface area contributed by atoms with E-state index in [0.717, 1.165) is 117 Å². The van der Waals surface area contributed by atoms with Crippen LogP contribution < -0.4 is 21.1 Å². The maximum atomic E-state index is 13.5. The van der Waals surface area contributed by atoms with Crippen LogP contribution in [-0.2, 0) is 11.8 Å². The molecule has 4 heterocycles. The molecule has 0 unspecified atom stereocenters. The first-order valence-electron chi connectivity index (χ1n) is 23.4. The number of aromatic nitrogens is 5. The number of hydrogen-bond acceptors (Lipinski definition) is 9. The quantitative estimate of drug-likeness (QED) is 0.109. The van der Waals surface area contributed by atoms with Crippen LogP contribution in [0.2, 0.25) is 0 Å². The standard InChI is InChI=1S/C49H64N10O3/c1-31(14-15-49-27-32-22-33(28-49)24-34(23-32)29-49)47(60)51-16-17-57-18-20-58(21-19-57)37-9-11-38(12-10-37)59-46-43(45(50)52-30-53-46)44(55-59)36-8-13-39(42(26-36)62-3)54-48(61)41-25-35-6-4-5-7-40(35)56(41)2/h4-8,13,25-26,30-34,37-38H,9-12,14-24,27-29H2,1-3H3,(H,51,60)(H,54,61)(H2,50,52,53)/t31-,32?,33?,34?,37?,38?,49?/m0/s1. The second-order valence-corrected chi connectivity index (χ2v) is 19.8. The van der Waals surface area contributed by atoms with Crippen LogP contribution in [0.5, 0.6) is 5.75 Å². The minimum atomic E-state index is -0.221. The van der Waals surface area contributed by atoms with Gasteiger partial charge in [-0.25, -0.2) is 14.6 Å². The van der Waals surface area contributed by atoms with Crippen molar-refractivity contribution in [3.8, 4) is 17.0 Å². The summed E-state index contributed by atoms with van der Waals surface area (Å²) in [5.41, 5.74) is 11.4. The lowest BCUT2D eigenvalue weighted by atomic mass is 9.48. The van der Waals surface area contributed by atoms with Crippen molar-refractivity contribution in [2.45, 2.75) is 96.1 Å². The lowest BCUT2D eigenvalue weighted by Crippen LogP contribution is -2.52. The number of rotatable bonds is 13. The van der Waals surface area contributed by atoms with Gasteiger partial charge >= 0.3 is 0 Å². The highest BCUT2D eigenvalue weighted by Gasteiger charge is 2.50. The van der Waals surface area contributed by atoms with Gasteiger partial charge in [-0.05, 0) is 124 Å². The van der Waals surface area contributed by atoms with Gasteiger partial charge in [-0.3, -0.25) is 19.4 Å². The second-order valence-electron chi connectivity index (χ2n) is 19.8. The fraction of sp³-hybridized carbons (Fsp3) is 0.571. The summed E-state index contributed by atoms with van der Waals surface area (Å²) in [5, 5.41) is 13.3. The van der Waals surface area contributed by atoms with Gasteiger partial charge in [0.1, 0.15) is 29.3 Å². The second kappa shape index (κ2) is 16.9. The van der Waals surface area contributed by atoms with Gasteiger partial charge in [0.25, 0.3) is 5.91 Å². The van der Waals surface area contributed by atoms with E-state index in [0.29, 0.717) is 40.1 Å². The van der Waals surface area contributed by atoms with Crippen LogP contribution >= 0.6 is 0 Å². The predicted octanol–water partition coefficient (Wildman–Crippen LogP) is 7.68. The summed E-state index contributed by atoms with van der Waals surface area (Å²) < 4.78 is 9.77. The van der Waals surface area contributed by atoms with Crippen molar-refractivity contribution in [3.63, 3.8) is 0 Å². The molecule has 1 atom stereocenters. The van der Waals surface area contributed by atoms with E-state index >= 15 is 0 Å². The number of nitrogen functional groups attached to an aromatic ring is 1. The normalized spacial score (nSPS) is 26.9. The monoisotopic (exact) mass is 841 g/mol. The lowest BCUT2D eigenvalue weighted by molar-refractivity contribution is -0.125. The summed E-state index contributed by atoms with van der Waals surface area (Å²) in [4.78, 5) is 40.8. The van der Waals surface area contributed by atoms with E-state index in [1.165, 1.54) is 51.3 Å². The molecule has 6 aliphatic rings. The third kappa shape index (κ3) is 7.95. The number of nitrogens with one attached hydrogen (secondary N) is 2. The van der Waals surface area contributed by atoms with E-state index in [1.54, 1.807) is 7.11 Å². The Morgan fingerprint density at radius 1 is 0.919 bits per heavy atom. The van der Waals surface area contributed by atoms with Crippen molar-refractivity contribution in [1.82, 2.24) is 39.4 Å². The Kier molecular flexibility index (Phi) is 11.2. The number of para-hydroxylation sites is 1. The first-order valence-corrected chi connectivity index (χ1v) is 23.4. The molecule has 5 aromatic rings. The van der Waals surface area contributed by atoms with Gasteiger partial charge < -0.3 is 25.7 Å². The zero-order valence-electron chi connectivity index (χ0n) is 36.8. The van der Waals surface area contributed by atoms with Gasteiger partial charge in [0.15, 0.2) is 5.65 Å². The average Bonchev–Trinajstić information content (AvgIpc) is 3.84. The largest absolute Gasteiger partial charge is 0.495 e. The molecule has 2 amide bonds. The van der Waals surface area contributed by atoms with Crippen molar-refractivity contribution in [1.29, 1.82) is 0 Å². The number of hydrogen-bond donors (Lipinski definition) is 3. The molecule has 13 heteroatoms. The third-order valence-corrected chi connectivity index (χ3v) is 15.8. The molecule has 6 fully saturated rings. The van der Waals surface area contributed by atoms with Crippen LogP contribution in [0.15, 0.2) is 54.9 Å². The number of piperazine rings is 1. The smallest absolute Gasteiger partial charge is 0.272 e. The zero-order chi connectivity index (χ0) is 42.5. The number of aryl methyl sites for hydroxylation is 1. The predicted molar refractivity (Wildman–Crippen MR) is 244 cm³/mol. The number of nitrogens with zero attached hydrogens (tertiary/aromatic N) is 7. The maximum absolute atomic E-state index is 13.5. The van der Waals surface area contributed by atoms with Crippen LogP contribution in [0.25, 0.3) is 33.2 Å². The van der Waals surface area contributed by atoms with E-state index in [9.17, 15) is 9.59 Å². The summed E-state index contributed by atoms with van der Waals surface area (Å²) in [6, 6.07) is 16.3. The Bertz CT molecular complexity index is 2410. The average molecular weight is 841 g/mol. The molecular formula is C49H64N10O3. The van der Waals surface area contributed by atoms with E-state index in [1.807, 2.05) is 60.1 Å². The number of carbonyl (C=O) groups excluding carboxylic acids is 2. The number of carbonyl (C=O) groups is 2. The molecule has 1 saturated heterocycles. The molecule has 0 spiro atoms. The van der Waals surface area contributed by atoms with E-state index in [2.05, 4.69) is 37.0 Å². The Balaban J connectivity index is 0.717. The summed E-state index contributed by atoms with van der Waals surface area (Å²) in [7, 11) is 3.50. The molecule has 4 N–H and O–H groups in total. The number of benzene rings is 2. The SMILES string of the molecule is COc1cc(-c2nn(C3CCC(N4CCN(CCNC(=O)[C@@H](C)CCC56CC7CC(CC(C7)C5)C6)CC4)CC3)c3ncnc(N)c23)ccc1NC(=O)c1cc2ccccc2n1C. The van der Waals surface area contributed by atoms with Gasteiger partial charge in [0.2, 0.25) is 5.91 Å². The molecule has 5 saturated carbocycles. The lowest BCUT2D eigenvalue weighted by Gasteiger charge is -2.57. The molecule has 4 bridgehead atoms. The van der Waals surface area contributed by atoms with Gasteiger partial charge in [-0.1, -0.05) is 31.2 Å². The van der Waals surface area contributed by atoms with Gasteiger partial charge in [-0.2, -0.15) is 5.10 Å². The van der Waals surface area contributed by atoms with Crippen molar-refractivity contribution < 1.29 is 14.3 Å². The van der Waals surface area contributed by atoms with Crippen LogP contribution in [-0.4, -0.2) is 98.3 Å². The molecule has 5 aliphatic carbocycles. The molecule has 2 aromatic carbocycles. The fourth-order valence-corrected chi connectivity index (χ4v) is 12.9. The Morgan fingerprint density at radius 3 is 2.34 bits per heavy atom. The molecule has 11 rings (SSSR count). The highest BCUT2D eigenvalue weighted by Crippen LogP contribution is 2.61. The minimum Gasteiger partial charge on any atom is -0.495 e. The first kappa shape index (κ1) is 41.0. The van der Waals surface area contributed by atoms with Crippen LogP contribution in [0.1, 0.15) is 101 Å². The molecule has 62 heavy (non-hydrogen) atoms. The maximum Gasteiger partial charge on any atom is 0.272 e. The summed E-state index contributed by atoms with van der Waals surface area (Å²) >= 11 is 0. The fourth-order valence-electron chi connectivity index (χ4n) is 12.9.